The molecule has 132 valence electrons. The summed E-state index contributed by atoms with van der Waals surface area (Å²) >= 11 is 2.03. The van der Waals surface area contributed by atoms with Crippen LogP contribution in [0.2, 0.25) is 0 Å². The molecule has 2 rings (SSSR count). The van der Waals surface area contributed by atoms with E-state index in [1.807, 2.05) is 47.7 Å². The van der Waals surface area contributed by atoms with Crippen LogP contribution in [-0.2, 0) is 14.3 Å². The molecule has 0 spiro atoms. The van der Waals surface area contributed by atoms with Gasteiger partial charge in [-0.1, -0.05) is 32.0 Å². The first kappa shape index (κ1) is 19.2. The number of amides is 1. The van der Waals surface area contributed by atoms with Gasteiger partial charge in [0.05, 0.1) is 0 Å². The van der Waals surface area contributed by atoms with Crippen molar-refractivity contribution < 1.29 is 18.7 Å². The normalized spacial score (nSPS) is 11.1. The maximum Gasteiger partial charge on any atom is 0.331 e. The quantitative estimate of drug-likeness (QED) is 0.397. The van der Waals surface area contributed by atoms with E-state index in [0.717, 1.165) is 20.6 Å². The smallest absolute Gasteiger partial charge is 0.331 e. The van der Waals surface area contributed by atoms with E-state index < -0.39 is 5.97 Å². The lowest BCUT2D eigenvalue weighted by atomic mass is 9.98. The molecule has 1 aromatic carbocycles. The van der Waals surface area contributed by atoms with Gasteiger partial charge in [0.1, 0.15) is 5.76 Å². The summed E-state index contributed by atoms with van der Waals surface area (Å²) in [6.07, 6.45) is 2.73. The molecular weight excluding hydrogens is 433 g/mol. The highest BCUT2D eigenvalue weighted by atomic mass is 127. The van der Waals surface area contributed by atoms with Crippen LogP contribution in [0.5, 0.6) is 0 Å². The molecule has 6 heteroatoms. The van der Waals surface area contributed by atoms with Crippen LogP contribution in [0.15, 0.2) is 40.8 Å². The fourth-order valence-electron chi connectivity index (χ4n) is 2.27. The first-order valence-corrected chi connectivity index (χ1v) is 8.94. The van der Waals surface area contributed by atoms with Crippen molar-refractivity contribution in [3.05, 3.63) is 57.1 Å². The molecule has 0 aliphatic rings. The van der Waals surface area contributed by atoms with E-state index in [4.69, 9.17) is 9.15 Å². The Morgan fingerprint density at radius 2 is 2.04 bits per heavy atom. The lowest BCUT2D eigenvalue weighted by molar-refractivity contribution is -0.142. The van der Waals surface area contributed by atoms with Gasteiger partial charge in [0.15, 0.2) is 10.4 Å². The second kappa shape index (κ2) is 8.84. The van der Waals surface area contributed by atoms with E-state index in [1.165, 1.54) is 12.2 Å². The molecule has 0 unspecified atom stereocenters. The Balaban J connectivity index is 1.91. The number of ether oxygens (including phenoxy) is 1. The number of anilines is 1. The number of hydrogen-bond donors (Lipinski definition) is 1. The van der Waals surface area contributed by atoms with E-state index in [1.54, 1.807) is 12.1 Å². The molecule has 0 radical (unpaired) electrons. The topological polar surface area (TPSA) is 68.5 Å². The predicted octanol–water partition coefficient (Wildman–Crippen LogP) is 4.51. The fourth-order valence-corrected chi connectivity index (χ4v) is 2.70. The van der Waals surface area contributed by atoms with Crippen LogP contribution in [0.25, 0.3) is 6.08 Å². The number of para-hydroxylation sites is 1. The van der Waals surface area contributed by atoms with Crippen LogP contribution >= 0.6 is 22.6 Å². The molecule has 0 atom stereocenters. The van der Waals surface area contributed by atoms with Gasteiger partial charge >= 0.3 is 5.97 Å². The Hall–Kier alpha value is -2.09. The number of furan rings is 1. The van der Waals surface area contributed by atoms with E-state index in [0.29, 0.717) is 5.76 Å². The van der Waals surface area contributed by atoms with E-state index in [9.17, 15) is 9.59 Å². The molecule has 0 saturated heterocycles. The number of halogens is 1. The minimum absolute atomic E-state index is 0.275. The summed E-state index contributed by atoms with van der Waals surface area (Å²) in [7, 11) is 0. The molecule has 1 amide bonds. The van der Waals surface area contributed by atoms with Crippen molar-refractivity contribution in [2.24, 2.45) is 0 Å². The Morgan fingerprint density at radius 3 is 2.68 bits per heavy atom. The average Bonchev–Trinajstić information content (AvgIpc) is 2.98. The highest BCUT2D eigenvalue weighted by Crippen LogP contribution is 2.27. The molecule has 5 nitrogen and oxygen atoms in total. The molecule has 0 bridgehead atoms. The highest BCUT2D eigenvalue weighted by Gasteiger charge is 2.13. The third kappa shape index (κ3) is 5.74. The Kier molecular flexibility index (Phi) is 6.81. The van der Waals surface area contributed by atoms with Gasteiger partial charge in [-0.05, 0) is 64.8 Å². The summed E-state index contributed by atoms with van der Waals surface area (Å²) in [5.41, 5.74) is 2.80. The minimum atomic E-state index is -0.601. The number of benzene rings is 1. The van der Waals surface area contributed by atoms with Gasteiger partial charge in [0, 0.05) is 11.8 Å². The zero-order valence-corrected chi connectivity index (χ0v) is 16.5. The van der Waals surface area contributed by atoms with Crippen LogP contribution in [0, 0.1) is 10.7 Å². The predicted molar refractivity (Wildman–Crippen MR) is 105 cm³/mol. The van der Waals surface area contributed by atoms with Gasteiger partial charge in [-0.2, -0.15) is 0 Å². The van der Waals surface area contributed by atoms with Crippen molar-refractivity contribution in [2.75, 3.05) is 11.9 Å². The van der Waals surface area contributed by atoms with Crippen molar-refractivity contribution in [3.8, 4) is 0 Å². The summed E-state index contributed by atoms with van der Waals surface area (Å²) in [5.74, 6) is -0.148. The molecule has 1 heterocycles. The highest BCUT2D eigenvalue weighted by molar-refractivity contribution is 14.1. The molecule has 2 aromatic rings. The monoisotopic (exact) mass is 453 g/mol. The zero-order chi connectivity index (χ0) is 18.4. The van der Waals surface area contributed by atoms with Crippen molar-refractivity contribution in [3.63, 3.8) is 0 Å². The maximum absolute atomic E-state index is 12.1. The number of esters is 1. The number of rotatable bonds is 6. The number of nitrogens with one attached hydrogen (secondary N) is 1. The molecule has 0 saturated carbocycles. The van der Waals surface area contributed by atoms with Crippen molar-refractivity contribution in [1.82, 2.24) is 0 Å². The molecule has 1 N–H and O–H groups in total. The number of hydrogen-bond acceptors (Lipinski definition) is 4. The molecule has 0 aliphatic carbocycles. The number of carbonyl (C=O) groups excluding carboxylic acids is 2. The summed E-state index contributed by atoms with van der Waals surface area (Å²) < 4.78 is 11.0. The number of aryl methyl sites for hydroxylation is 1. The first-order valence-electron chi connectivity index (χ1n) is 7.86. The molecule has 1 aromatic heterocycles. The van der Waals surface area contributed by atoms with Gasteiger partial charge in [-0.15, -0.1) is 0 Å². The van der Waals surface area contributed by atoms with E-state index in [-0.39, 0.29) is 18.4 Å². The minimum Gasteiger partial charge on any atom is -0.452 e. The van der Waals surface area contributed by atoms with Crippen molar-refractivity contribution >= 4 is 46.2 Å². The van der Waals surface area contributed by atoms with Crippen molar-refractivity contribution in [1.29, 1.82) is 0 Å². The van der Waals surface area contributed by atoms with Crippen molar-refractivity contribution in [2.45, 2.75) is 26.7 Å². The Labute approximate surface area is 160 Å². The maximum atomic E-state index is 12.1. The largest absolute Gasteiger partial charge is 0.452 e. The van der Waals surface area contributed by atoms with Gasteiger partial charge in [0.25, 0.3) is 5.91 Å². The zero-order valence-electron chi connectivity index (χ0n) is 14.3. The van der Waals surface area contributed by atoms with Gasteiger partial charge in [-0.3, -0.25) is 4.79 Å². The lowest BCUT2D eigenvalue weighted by Crippen LogP contribution is -2.21. The number of carbonyl (C=O) groups is 2. The second-order valence-corrected chi connectivity index (χ2v) is 6.89. The lowest BCUT2D eigenvalue weighted by Gasteiger charge is -2.16. The Bertz CT molecular complexity index is 792. The summed E-state index contributed by atoms with van der Waals surface area (Å²) in [6.45, 7) is 5.71. The van der Waals surface area contributed by atoms with Gasteiger partial charge in [0.2, 0.25) is 0 Å². The van der Waals surface area contributed by atoms with Crippen LogP contribution in [0.3, 0.4) is 0 Å². The summed E-state index contributed by atoms with van der Waals surface area (Å²) in [4.78, 5) is 23.8. The second-order valence-electron chi connectivity index (χ2n) is 5.82. The SMILES string of the molecule is Cc1cccc(C(C)C)c1NC(=O)COC(=O)/C=C/c1ccc(I)o1. The molecular formula is C19H20INO4. The third-order valence-electron chi connectivity index (χ3n) is 3.51. The molecule has 0 fully saturated rings. The van der Waals surface area contributed by atoms with E-state index >= 15 is 0 Å². The van der Waals surface area contributed by atoms with Crippen LogP contribution in [0.1, 0.15) is 36.7 Å². The first-order chi connectivity index (χ1) is 11.9. The van der Waals surface area contributed by atoms with Gasteiger partial charge < -0.3 is 14.5 Å². The summed E-state index contributed by atoms with van der Waals surface area (Å²) in [6, 6.07) is 9.39. The molecule has 0 aliphatic heterocycles. The van der Waals surface area contributed by atoms with Gasteiger partial charge in [-0.25, -0.2) is 4.79 Å². The van der Waals surface area contributed by atoms with Crippen LogP contribution in [0.4, 0.5) is 5.69 Å². The summed E-state index contributed by atoms with van der Waals surface area (Å²) in [5, 5.41) is 2.83. The van der Waals surface area contributed by atoms with E-state index in [2.05, 4.69) is 19.2 Å². The average molecular weight is 453 g/mol. The van der Waals surface area contributed by atoms with Crippen LogP contribution in [-0.4, -0.2) is 18.5 Å². The molecule has 25 heavy (non-hydrogen) atoms. The fraction of sp³-hybridized carbons (Fsp3) is 0.263. The standard InChI is InChI=1S/C19H20INO4/c1-12(2)15-6-4-5-13(3)19(15)21-17(22)11-24-18(23)10-8-14-7-9-16(20)25-14/h4-10,12H,11H2,1-3H3,(H,21,22)/b10-8+. The Morgan fingerprint density at radius 1 is 1.28 bits per heavy atom. The van der Waals surface area contributed by atoms with Crippen LogP contribution < -0.4 is 5.32 Å². The third-order valence-corrected chi connectivity index (χ3v) is 4.09.